The van der Waals surface area contributed by atoms with Crippen molar-refractivity contribution in [2.45, 2.75) is 5.16 Å². The number of rotatable bonds is 8. The molecular weight excluding hydrogens is 444 g/mol. The number of H-pyrrole nitrogens is 1. The average Bonchev–Trinajstić information content (AvgIpc) is 3.50. The van der Waals surface area contributed by atoms with E-state index in [2.05, 4.69) is 51.6 Å². The van der Waals surface area contributed by atoms with Crippen LogP contribution in [0.25, 0.3) is 34.1 Å². The van der Waals surface area contributed by atoms with E-state index < -0.39 is 0 Å². The zero-order chi connectivity index (χ0) is 23.3. The number of nitrogens with zero attached hydrogens (tertiary/aromatic N) is 3. The van der Waals surface area contributed by atoms with E-state index in [9.17, 15) is 0 Å². The maximum absolute atomic E-state index is 5.70. The Bertz CT molecular complexity index is 1440. The third-order valence-corrected chi connectivity index (χ3v) is 6.39. The Labute approximate surface area is 202 Å². The molecule has 170 valence electrons. The molecule has 2 heterocycles. The fourth-order valence-electron chi connectivity index (χ4n) is 3.85. The minimum atomic E-state index is 0.711. The van der Waals surface area contributed by atoms with E-state index >= 15 is 0 Å². The average molecular weight is 469 g/mol. The van der Waals surface area contributed by atoms with Crippen LogP contribution < -0.4 is 9.47 Å². The van der Waals surface area contributed by atoms with Crippen LogP contribution in [0.3, 0.4) is 0 Å². The van der Waals surface area contributed by atoms with Gasteiger partial charge < -0.3 is 14.5 Å². The van der Waals surface area contributed by atoms with Crippen molar-refractivity contribution < 1.29 is 9.47 Å². The molecule has 7 heteroatoms. The molecule has 0 bridgehead atoms. The van der Waals surface area contributed by atoms with Crippen molar-refractivity contribution in [1.29, 1.82) is 0 Å². The smallest absolute Gasteiger partial charge is 0.196 e. The largest absolute Gasteiger partial charge is 0.497 e. The monoisotopic (exact) mass is 468 g/mol. The summed E-state index contributed by atoms with van der Waals surface area (Å²) >= 11 is 1.61. The minimum absolute atomic E-state index is 0.711. The molecular formula is C27H24N4O2S. The molecule has 0 aliphatic heterocycles. The summed E-state index contributed by atoms with van der Waals surface area (Å²) in [6.07, 6.45) is 6.22. The maximum atomic E-state index is 5.70. The van der Waals surface area contributed by atoms with Crippen molar-refractivity contribution in [3.8, 4) is 28.6 Å². The number of nitrogens with one attached hydrogen (secondary N) is 1. The summed E-state index contributed by atoms with van der Waals surface area (Å²) in [6, 6.07) is 24.2. The van der Waals surface area contributed by atoms with E-state index in [0.29, 0.717) is 5.75 Å². The number of aromatic amines is 1. The van der Waals surface area contributed by atoms with Crippen LogP contribution >= 0.6 is 11.8 Å². The van der Waals surface area contributed by atoms with Gasteiger partial charge in [-0.1, -0.05) is 72.4 Å². The lowest BCUT2D eigenvalue weighted by atomic mass is 10.1. The molecule has 0 saturated heterocycles. The number of para-hydroxylation sites is 1. The number of methoxy groups -OCH3 is 2. The second kappa shape index (κ2) is 9.89. The fraction of sp³-hybridized carbons (Fsp3) is 0.111. The SMILES string of the molecule is COc1ccc(OC)c(-n2c(SC/C=C/c3ccccc3)nnc2-c2c[nH]c3ccccc23)c1. The Morgan fingerprint density at radius 1 is 0.941 bits per heavy atom. The Morgan fingerprint density at radius 3 is 2.59 bits per heavy atom. The molecule has 0 saturated carbocycles. The van der Waals surface area contributed by atoms with Gasteiger partial charge in [0.25, 0.3) is 0 Å². The first-order valence-corrected chi connectivity index (χ1v) is 11.9. The van der Waals surface area contributed by atoms with Gasteiger partial charge in [-0.05, 0) is 23.8 Å². The van der Waals surface area contributed by atoms with Crippen LogP contribution in [0.2, 0.25) is 0 Å². The van der Waals surface area contributed by atoms with Crippen LogP contribution in [0.5, 0.6) is 11.5 Å². The van der Waals surface area contributed by atoms with Crippen LogP contribution in [0, 0.1) is 0 Å². The van der Waals surface area contributed by atoms with Gasteiger partial charge in [0.1, 0.15) is 11.5 Å². The van der Waals surface area contributed by atoms with E-state index in [1.165, 1.54) is 5.56 Å². The molecule has 0 amide bonds. The van der Waals surface area contributed by atoms with Gasteiger partial charge in [-0.25, -0.2) is 0 Å². The zero-order valence-corrected chi connectivity index (χ0v) is 19.8. The molecule has 0 unspecified atom stereocenters. The molecule has 5 rings (SSSR count). The number of ether oxygens (including phenoxy) is 2. The minimum Gasteiger partial charge on any atom is -0.497 e. The molecule has 2 aromatic heterocycles. The quantitative estimate of drug-likeness (QED) is 0.273. The van der Waals surface area contributed by atoms with Gasteiger partial charge in [-0.2, -0.15) is 0 Å². The molecule has 6 nitrogen and oxygen atoms in total. The maximum Gasteiger partial charge on any atom is 0.196 e. The Hall–Kier alpha value is -3.97. The van der Waals surface area contributed by atoms with Gasteiger partial charge in [-0.3, -0.25) is 4.57 Å². The van der Waals surface area contributed by atoms with E-state index in [1.54, 1.807) is 26.0 Å². The Balaban J connectivity index is 1.58. The van der Waals surface area contributed by atoms with Crippen molar-refractivity contribution in [2.24, 2.45) is 0 Å². The number of hydrogen-bond acceptors (Lipinski definition) is 5. The van der Waals surface area contributed by atoms with Gasteiger partial charge in [0.05, 0.1) is 19.9 Å². The molecule has 0 aliphatic carbocycles. The highest BCUT2D eigenvalue weighted by Crippen LogP contribution is 2.37. The first-order chi connectivity index (χ1) is 16.8. The molecule has 0 spiro atoms. The normalized spacial score (nSPS) is 11.4. The van der Waals surface area contributed by atoms with Crippen LogP contribution in [-0.4, -0.2) is 39.7 Å². The summed E-state index contributed by atoms with van der Waals surface area (Å²) in [6.45, 7) is 0. The van der Waals surface area contributed by atoms with Crippen LogP contribution in [-0.2, 0) is 0 Å². The molecule has 1 N–H and O–H groups in total. The van der Waals surface area contributed by atoms with Crippen LogP contribution in [0.15, 0.2) is 90.2 Å². The lowest BCUT2D eigenvalue weighted by molar-refractivity contribution is 0.401. The highest BCUT2D eigenvalue weighted by molar-refractivity contribution is 7.99. The predicted molar refractivity (Wildman–Crippen MR) is 138 cm³/mol. The van der Waals surface area contributed by atoms with Gasteiger partial charge in [0.2, 0.25) is 0 Å². The molecule has 3 aromatic carbocycles. The lowest BCUT2D eigenvalue weighted by Crippen LogP contribution is -2.03. The molecule has 0 atom stereocenters. The molecule has 5 aromatic rings. The van der Waals surface area contributed by atoms with Gasteiger partial charge in [0, 0.05) is 34.5 Å². The van der Waals surface area contributed by atoms with Gasteiger partial charge in [-0.15, -0.1) is 10.2 Å². The van der Waals surface area contributed by atoms with Crippen molar-refractivity contribution in [3.05, 3.63) is 90.6 Å². The molecule has 34 heavy (non-hydrogen) atoms. The topological polar surface area (TPSA) is 65.0 Å². The number of fused-ring (bicyclic) bond motifs is 1. The standard InChI is InChI=1S/C27H24N4O2S/c1-32-20-14-15-25(33-2)24(17-20)31-26(22-18-28-23-13-7-6-12-21(22)23)29-30-27(31)34-16-8-11-19-9-4-3-5-10-19/h3-15,17-18,28H,16H2,1-2H3/b11-8+. The summed E-state index contributed by atoms with van der Waals surface area (Å²) in [5.41, 5.74) is 4.00. The second-order valence-electron chi connectivity index (χ2n) is 7.55. The van der Waals surface area contributed by atoms with E-state index in [-0.39, 0.29) is 0 Å². The number of hydrogen-bond donors (Lipinski definition) is 1. The van der Waals surface area contributed by atoms with Crippen LogP contribution in [0.1, 0.15) is 5.56 Å². The third kappa shape index (κ3) is 4.30. The van der Waals surface area contributed by atoms with Crippen molar-refractivity contribution >= 4 is 28.7 Å². The van der Waals surface area contributed by atoms with Crippen molar-refractivity contribution in [2.75, 3.05) is 20.0 Å². The zero-order valence-electron chi connectivity index (χ0n) is 18.9. The van der Waals surface area contributed by atoms with Crippen molar-refractivity contribution in [3.63, 3.8) is 0 Å². The third-order valence-electron chi connectivity index (χ3n) is 5.51. The highest BCUT2D eigenvalue weighted by Gasteiger charge is 2.21. The Kier molecular flexibility index (Phi) is 6.35. The second-order valence-corrected chi connectivity index (χ2v) is 8.54. The molecule has 0 radical (unpaired) electrons. The van der Waals surface area contributed by atoms with Gasteiger partial charge in [0.15, 0.2) is 11.0 Å². The number of aromatic nitrogens is 4. The predicted octanol–water partition coefficient (Wildman–Crippen LogP) is 6.24. The number of thioether (sulfide) groups is 1. The summed E-state index contributed by atoms with van der Waals surface area (Å²) < 4.78 is 13.3. The Morgan fingerprint density at radius 2 is 1.76 bits per heavy atom. The lowest BCUT2D eigenvalue weighted by Gasteiger charge is -2.15. The first-order valence-electron chi connectivity index (χ1n) is 10.9. The van der Waals surface area contributed by atoms with Gasteiger partial charge >= 0.3 is 0 Å². The van der Waals surface area contributed by atoms with E-state index in [1.807, 2.05) is 59.3 Å². The number of benzene rings is 3. The van der Waals surface area contributed by atoms with E-state index in [0.717, 1.165) is 44.6 Å². The summed E-state index contributed by atoms with van der Waals surface area (Å²) in [5.74, 6) is 2.92. The molecule has 0 aliphatic rings. The fourth-order valence-corrected chi connectivity index (χ4v) is 4.61. The summed E-state index contributed by atoms with van der Waals surface area (Å²) in [5, 5.41) is 11.0. The highest BCUT2D eigenvalue weighted by atomic mass is 32.2. The van der Waals surface area contributed by atoms with E-state index in [4.69, 9.17) is 9.47 Å². The molecule has 0 fully saturated rings. The summed E-state index contributed by atoms with van der Waals surface area (Å²) in [7, 11) is 3.32. The van der Waals surface area contributed by atoms with Crippen molar-refractivity contribution in [1.82, 2.24) is 19.7 Å². The van der Waals surface area contributed by atoms with Crippen LogP contribution in [0.4, 0.5) is 0 Å². The summed E-state index contributed by atoms with van der Waals surface area (Å²) in [4.78, 5) is 3.34. The first kappa shape index (κ1) is 21.9.